The van der Waals surface area contributed by atoms with Crippen LogP contribution in [0, 0.1) is 0 Å². The fraction of sp³-hybridized carbons (Fsp3) is 0.615. The first-order chi connectivity index (χ1) is 15.5. The highest BCUT2D eigenvalue weighted by molar-refractivity contribution is 6.01. The first kappa shape index (κ1) is 22.8. The fourth-order valence-corrected chi connectivity index (χ4v) is 5.53. The minimum atomic E-state index is -0.427. The second kappa shape index (κ2) is 10.1. The number of hydrogen-bond acceptors (Lipinski definition) is 4. The number of hydrogen-bond donors (Lipinski definition) is 1. The molecule has 3 unspecified atom stereocenters. The van der Waals surface area contributed by atoms with Gasteiger partial charge in [0.1, 0.15) is 17.9 Å². The Kier molecular flexibility index (Phi) is 7.19. The van der Waals surface area contributed by atoms with Gasteiger partial charge in [0, 0.05) is 23.8 Å². The van der Waals surface area contributed by atoms with Crippen molar-refractivity contribution in [2.24, 2.45) is 0 Å². The maximum absolute atomic E-state index is 13.0. The standard InChI is InChI=1S/C26H37N3O3/c1-4-14-28(15-5-2)22-8-6-7-9-24(22)32-20-11-12-21-19(16-20)17-29(26(21)31)23-13-10-18(3)27-25(23)30/h11-12,16,22-24H,3-10,13-15,17H2,1-2H3,(H,27,30). The number of nitrogens with zero attached hydrogens (tertiary/aromatic N) is 2. The van der Waals surface area contributed by atoms with Crippen molar-refractivity contribution in [2.75, 3.05) is 13.1 Å². The highest BCUT2D eigenvalue weighted by Gasteiger charge is 2.38. The van der Waals surface area contributed by atoms with Crippen LogP contribution in [0.1, 0.15) is 81.1 Å². The van der Waals surface area contributed by atoms with Crippen molar-refractivity contribution in [1.82, 2.24) is 15.1 Å². The molecule has 0 spiro atoms. The molecule has 4 rings (SSSR count). The molecule has 3 atom stereocenters. The van der Waals surface area contributed by atoms with Crippen LogP contribution < -0.4 is 10.1 Å². The Bertz CT molecular complexity index is 862. The summed E-state index contributed by atoms with van der Waals surface area (Å²) in [6.07, 6.45) is 8.55. The predicted molar refractivity (Wildman–Crippen MR) is 125 cm³/mol. The van der Waals surface area contributed by atoms with Crippen LogP contribution in [0.2, 0.25) is 0 Å². The largest absolute Gasteiger partial charge is 0.489 e. The lowest BCUT2D eigenvalue weighted by Crippen LogP contribution is -2.49. The molecule has 1 aliphatic carbocycles. The minimum absolute atomic E-state index is 0.0631. The zero-order valence-electron chi connectivity index (χ0n) is 19.6. The van der Waals surface area contributed by atoms with Crippen molar-refractivity contribution >= 4 is 11.8 Å². The van der Waals surface area contributed by atoms with Gasteiger partial charge in [-0.2, -0.15) is 0 Å². The summed E-state index contributed by atoms with van der Waals surface area (Å²) in [5.41, 5.74) is 2.37. The summed E-state index contributed by atoms with van der Waals surface area (Å²) in [6, 6.07) is 5.85. The average molecular weight is 440 g/mol. The van der Waals surface area contributed by atoms with Gasteiger partial charge in [0.25, 0.3) is 5.91 Å². The van der Waals surface area contributed by atoms with Gasteiger partial charge in [0.05, 0.1) is 0 Å². The van der Waals surface area contributed by atoms with Crippen molar-refractivity contribution in [3.05, 3.63) is 41.6 Å². The van der Waals surface area contributed by atoms with E-state index in [9.17, 15) is 9.59 Å². The number of carbonyl (C=O) groups excluding carboxylic acids is 2. The summed E-state index contributed by atoms with van der Waals surface area (Å²) in [6.45, 7) is 11.0. The van der Waals surface area contributed by atoms with E-state index in [2.05, 4.69) is 30.6 Å². The monoisotopic (exact) mass is 439 g/mol. The fourth-order valence-electron chi connectivity index (χ4n) is 5.53. The lowest BCUT2D eigenvalue weighted by molar-refractivity contribution is -0.126. The molecule has 0 bridgehead atoms. The van der Waals surface area contributed by atoms with Gasteiger partial charge in [-0.25, -0.2) is 0 Å². The molecule has 2 amide bonds. The highest BCUT2D eigenvalue weighted by Crippen LogP contribution is 2.33. The highest BCUT2D eigenvalue weighted by atomic mass is 16.5. The van der Waals surface area contributed by atoms with Crippen LogP contribution in [0.3, 0.4) is 0 Å². The van der Waals surface area contributed by atoms with Gasteiger partial charge >= 0.3 is 0 Å². The molecule has 32 heavy (non-hydrogen) atoms. The van der Waals surface area contributed by atoms with E-state index in [4.69, 9.17) is 4.74 Å². The van der Waals surface area contributed by atoms with E-state index < -0.39 is 6.04 Å². The number of piperidine rings is 1. The van der Waals surface area contributed by atoms with E-state index in [-0.39, 0.29) is 17.9 Å². The summed E-state index contributed by atoms with van der Waals surface area (Å²) in [7, 11) is 0. The third-order valence-corrected chi connectivity index (χ3v) is 7.05. The molecule has 6 heteroatoms. The van der Waals surface area contributed by atoms with Crippen molar-refractivity contribution in [2.45, 2.75) is 89.9 Å². The van der Waals surface area contributed by atoms with Crippen molar-refractivity contribution in [3.63, 3.8) is 0 Å². The quantitative estimate of drug-likeness (QED) is 0.658. The Hall–Kier alpha value is -2.34. The predicted octanol–water partition coefficient (Wildman–Crippen LogP) is 4.25. The first-order valence-electron chi connectivity index (χ1n) is 12.3. The van der Waals surface area contributed by atoms with Crippen LogP contribution in [0.4, 0.5) is 0 Å². The van der Waals surface area contributed by atoms with Crippen LogP contribution in [0.5, 0.6) is 5.75 Å². The molecule has 174 valence electrons. The SMILES string of the molecule is C=C1CCC(N2Cc3cc(OC4CCCCC4N(CCC)CCC)ccc3C2=O)C(=O)N1. The van der Waals surface area contributed by atoms with Crippen LogP contribution in [-0.4, -0.2) is 52.9 Å². The molecular formula is C26H37N3O3. The van der Waals surface area contributed by atoms with Gasteiger partial charge in [-0.05, 0) is 81.8 Å². The zero-order chi connectivity index (χ0) is 22.7. The molecule has 6 nitrogen and oxygen atoms in total. The number of ether oxygens (including phenoxy) is 1. The Morgan fingerprint density at radius 2 is 1.88 bits per heavy atom. The number of carbonyl (C=O) groups is 2. The molecule has 2 aliphatic heterocycles. The molecule has 1 saturated carbocycles. The number of allylic oxidation sites excluding steroid dienone is 1. The molecule has 1 N–H and O–H groups in total. The molecule has 1 aromatic carbocycles. The number of fused-ring (bicyclic) bond motifs is 1. The van der Waals surface area contributed by atoms with E-state index in [0.717, 1.165) is 49.4 Å². The zero-order valence-corrected chi connectivity index (χ0v) is 19.6. The summed E-state index contributed by atoms with van der Waals surface area (Å²) in [5.74, 6) is 0.646. The topological polar surface area (TPSA) is 61.9 Å². The maximum atomic E-state index is 13.0. The van der Waals surface area contributed by atoms with Crippen LogP contribution in [0.25, 0.3) is 0 Å². The Morgan fingerprint density at radius 1 is 1.12 bits per heavy atom. The third-order valence-electron chi connectivity index (χ3n) is 7.05. The van der Waals surface area contributed by atoms with Crippen molar-refractivity contribution in [1.29, 1.82) is 0 Å². The normalized spacial score (nSPS) is 25.8. The van der Waals surface area contributed by atoms with Gasteiger partial charge in [-0.1, -0.05) is 26.8 Å². The maximum Gasteiger partial charge on any atom is 0.255 e. The third kappa shape index (κ3) is 4.70. The van der Waals surface area contributed by atoms with Gasteiger partial charge < -0.3 is 15.0 Å². The number of rotatable bonds is 8. The minimum Gasteiger partial charge on any atom is -0.489 e. The lowest BCUT2D eigenvalue weighted by Gasteiger charge is -2.39. The first-order valence-corrected chi connectivity index (χ1v) is 12.3. The lowest BCUT2D eigenvalue weighted by atomic mass is 9.90. The van der Waals surface area contributed by atoms with E-state index in [0.29, 0.717) is 31.0 Å². The van der Waals surface area contributed by atoms with Gasteiger partial charge in [0.2, 0.25) is 5.91 Å². The summed E-state index contributed by atoms with van der Waals surface area (Å²) >= 11 is 0. The van der Waals surface area contributed by atoms with Crippen LogP contribution in [0.15, 0.2) is 30.5 Å². The van der Waals surface area contributed by atoms with Gasteiger partial charge in [0.15, 0.2) is 0 Å². The van der Waals surface area contributed by atoms with E-state index in [1.807, 2.05) is 18.2 Å². The summed E-state index contributed by atoms with van der Waals surface area (Å²) in [5, 5.41) is 2.80. The molecule has 2 fully saturated rings. The molecule has 0 radical (unpaired) electrons. The second-order valence-electron chi connectivity index (χ2n) is 9.44. The molecule has 3 aliphatic rings. The Balaban J connectivity index is 1.47. The van der Waals surface area contributed by atoms with E-state index in [1.54, 1.807) is 4.90 Å². The number of nitrogens with one attached hydrogen (secondary N) is 1. The van der Waals surface area contributed by atoms with Crippen molar-refractivity contribution < 1.29 is 14.3 Å². The summed E-state index contributed by atoms with van der Waals surface area (Å²) in [4.78, 5) is 29.7. The molecule has 1 saturated heterocycles. The molecular weight excluding hydrogens is 402 g/mol. The Labute approximate surface area is 192 Å². The molecule has 1 aromatic rings. The second-order valence-corrected chi connectivity index (χ2v) is 9.44. The van der Waals surface area contributed by atoms with Gasteiger partial charge in [-0.3, -0.25) is 14.5 Å². The average Bonchev–Trinajstić information content (AvgIpc) is 3.09. The van der Waals surface area contributed by atoms with Crippen molar-refractivity contribution in [3.8, 4) is 5.75 Å². The van der Waals surface area contributed by atoms with Crippen LogP contribution in [-0.2, 0) is 11.3 Å². The van der Waals surface area contributed by atoms with E-state index >= 15 is 0 Å². The van der Waals surface area contributed by atoms with Crippen LogP contribution >= 0.6 is 0 Å². The summed E-state index contributed by atoms with van der Waals surface area (Å²) < 4.78 is 6.56. The Morgan fingerprint density at radius 3 is 2.59 bits per heavy atom. The molecule has 2 heterocycles. The number of amides is 2. The van der Waals surface area contributed by atoms with Gasteiger partial charge in [-0.15, -0.1) is 0 Å². The smallest absolute Gasteiger partial charge is 0.255 e. The van der Waals surface area contributed by atoms with E-state index in [1.165, 1.54) is 19.3 Å². The number of benzene rings is 1. The molecule has 0 aromatic heterocycles.